The average Bonchev–Trinajstić information content (AvgIpc) is 3.18. The molecule has 0 saturated carbocycles. The normalized spacial score (nSPS) is 17.0. The van der Waals surface area contributed by atoms with Gasteiger partial charge in [0.25, 0.3) is 0 Å². The summed E-state index contributed by atoms with van der Waals surface area (Å²) in [6, 6.07) is 15.5. The molecular weight excluding hydrogens is 338 g/mol. The number of anilines is 1. The Morgan fingerprint density at radius 1 is 1.04 bits per heavy atom. The van der Waals surface area contributed by atoms with Crippen LogP contribution in [0, 0.1) is 0 Å². The molecule has 1 aliphatic rings. The van der Waals surface area contributed by atoms with Crippen molar-refractivity contribution in [3.8, 4) is 11.4 Å². The average molecular weight is 359 g/mol. The van der Waals surface area contributed by atoms with Crippen LogP contribution in [0.4, 0.5) is 5.69 Å². The quantitative estimate of drug-likeness (QED) is 0.758. The van der Waals surface area contributed by atoms with Gasteiger partial charge >= 0.3 is 0 Å². The van der Waals surface area contributed by atoms with Crippen LogP contribution in [0.3, 0.4) is 0 Å². The van der Waals surface area contributed by atoms with Gasteiger partial charge in [-0.25, -0.2) is 9.97 Å². The number of nitrogens with one attached hydrogen (secondary N) is 1. The first-order valence-corrected chi connectivity index (χ1v) is 9.12. The summed E-state index contributed by atoms with van der Waals surface area (Å²) in [5.41, 5.74) is 2.55. The Morgan fingerprint density at radius 2 is 1.81 bits per heavy atom. The van der Waals surface area contributed by atoms with E-state index in [1.165, 1.54) is 0 Å². The number of nitrogens with zero attached hydrogens (tertiary/aromatic N) is 4. The lowest BCUT2D eigenvalue weighted by molar-refractivity contribution is -0.120. The van der Waals surface area contributed by atoms with E-state index in [0.29, 0.717) is 18.1 Å². The highest BCUT2D eigenvalue weighted by Gasteiger charge is 2.30. The van der Waals surface area contributed by atoms with Gasteiger partial charge in [-0.05, 0) is 31.5 Å². The number of carbonyl (C=O) groups excluding carboxylic acids is 1. The maximum atomic E-state index is 12.7. The van der Waals surface area contributed by atoms with Crippen LogP contribution in [-0.2, 0) is 11.3 Å². The fourth-order valence-electron chi connectivity index (χ4n) is 3.37. The second kappa shape index (κ2) is 8.05. The molecular formula is C21H21N5O. The Kier molecular flexibility index (Phi) is 5.16. The number of aromatic nitrogens is 3. The molecule has 0 unspecified atom stereocenters. The second-order valence-corrected chi connectivity index (χ2v) is 6.60. The Balaban J connectivity index is 1.41. The molecule has 3 heterocycles. The van der Waals surface area contributed by atoms with Crippen LogP contribution < -0.4 is 5.32 Å². The van der Waals surface area contributed by atoms with Crippen LogP contribution in [0.15, 0.2) is 67.1 Å². The van der Waals surface area contributed by atoms with Gasteiger partial charge in [-0.1, -0.05) is 36.4 Å². The molecule has 0 aliphatic carbocycles. The van der Waals surface area contributed by atoms with Crippen LogP contribution in [0.5, 0.6) is 0 Å². The number of amides is 1. The molecule has 4 rings (SSSR count). The van der Waals surface area contributed by atoms with Gasteiger partial charge in [0.05, 0.1) is 29.8 Å². The molecule has 27 heavy (non-hydrogen) atoms. The minimum Gasteiger partial charge on any atom is -0.322 e. The maximum Gasteiger partial charge on any atom is 0.241 e. The lowest BCUT2D eigenvalue weighted by atomic mass is 10.2. The summed E-state index contributed by atoms with van der Waals surface area (Å²) in [5, 5.41) is 2.95. The van der Waals surface area contributed by atoms with E-state index in [2.05, 4.69) is 25.2 Å². The number of rotatable bonds is 5. The van der Waals surface area contributed by atoms with Gasteiger partial charge in [-0.15, -0.1) is 0 Å². The molecule has 6 heteroatoms. The first-order chi connectivity index (χ1) is 13.3. The highest BCUT2D eigenvalue weighted by Crippen LogP contribution is 2.21. The zero-order valence-corrected chi connectivity index (χ0v) is 15.0. The van der Waals surface area contributed by atoms with Gasteiger partial charge in [0.1, 0.15) is 0 Å². The van der Waals surface area contributed by atoms with E-state index in [1.807, 2.05) is 48.5 Å². The molecule has 0 spiro atoms. The van der Waals surface area contributed by atoms with Crippen LogP contribution in [-0.4, -0.2) is 38.3 Å². The lowest BCUT2D eigenvalue weighted by Gasteiger charge is -2.23. The molecule has 1 aromatic carbocycles. The fraction of sp³-hybridized carbons (Fsp3) is 0.238. The number of hydrogen-bond donors (Lipinski definition) is 1. The van der Waals surface area contributed by atoms with Crippen molar-refractivity contribution < 1.29 is 4.79 Å². The van der Waals surface area contributed by atoms with Crippen molar-refractivity contribution >= 4 is 11.6 Å². The van der Waals surface area contributed by atoms with Crippen molar-refractivity contribution in [1.82, 2.24) is 19.9 Å². The Morgan fingerprint density at radius 3 is 2.56 bits per heavy atom. The SMILES string of the molecule is O=C(Nc1cnc(-c2ccccc2)nc1)[C@H]1CCCN1Cc1ccccn1. The zero-order valence-electron chi connectivity index (χ0n) is 15.0. The highest BCUT2D eigenvalue weighted by molar-refractivity contribution is 5.94. The Hall–Kier alpha value is -3.12. The monoisotopic (exact) mass is 359 g/mol. The van der Waals surface area contributed by atoms with Gasteiger partial charge in [0.15, 0.2) is 5.82 Å². The molecule has 1 amide bonds. The first kappa shape index (κ1) is 17.3. The van der Waals surface area contributed by atoms with Gasteiger partial charge in [0.2, 0.25) is 5.91 Å². The van der Waals surface area contributed by atoms with Crippen molar-refractivity contribution in [3.05, 3.63) is 72.8 Å². The van der Waals surface area contributed by atoms with E-state index in [9.17, 15) is 4.79 Å². The van der Waals surface area contributed by atoms with Crippen LogP contribution in [0.2, 0.25) is 0 Å². The number of benzene rings is 1. The molecule has 1 aliphatic heterocycles. The van der Waals surface area contributed by atoms with Crippen molar-refractivity contribution in [2.45, 2.75) is 25.4 Å². The van der Waals surface area contributed by atoms with Crippen LogP contribution in [0.1, 0.15) is 18.5 Å². The molecule has 6 nitrogen and oxygen atoms in total. The highest BCUT2D eigenvalue weighted by atomic mass is 16.2. The van der Waals surface area contributed by atoms with Crippen LogP contribution >= 0.6 is 0 Å². The van der Waals surface area contributed by atoms with Gasteiger partial charge in [0, 0.05) is 18.3 Å². The predicted octanol–water partition coefficient (Wildman–Crippen LogP) is 3.14. The standard InChI is InChI=1S/C21H21N5O/c27-21(19-10-6-12-26(19)15-17-9-4-5-11-22-17)25-18-13-23-20(24-14-18)16-7-2-1-3-8-16/h1-5,7-9,11,13-14,19H,6,10,12,15H2,(H,25,27)/t19-/m1/s1. The minimum atomic E-state index is -0.152. The second-order valence-electron chi connectivity index (χ2n) is 6.60. The van der Waals surface area contributed by atoms with Crippen molar-refractivity contribution in [2.75, 3.05) is 11.9 Å². The van der Waals surface area contributed by atoms with E-state index < -0.39 is 0 Å². The van der Waals surface area contributed by atoms with Crippen LogP contribution in [0.25, 0.3) is 11.4 Å². The van der Waals surface area contributed by atoms with E-state index in [1.54, 1.807) is 18.6 Å². The predicted molar refractivity (Wildman–Crippen MR) is 104 cm³/mol. The van der Waals surface area contributed by atoms with Gasteiger partial charge in [-0.2, -0.15) is 0 Å². The summed E-state index contributed by atoms with van der Waals surface area (Å²) in [7, 11) is 0. The molecule has 0 bridgehead atoms. The van der Waals surface area contributed by atoms with E-state index >= 15 is 0 Å². The van der Waals surface area contributed by atoms with Crippen molar-refractivity contribution in [1.29, 1.82) is 0 Å². The molecule has 1 saturated heterocycles. The third-order valence-electron chi connectivity index (χ3n) is 4.71. The van der Waals surface area contributed by atoms with Gasteiger partial charge in [-0.3, -0.25) is 14.7 Å². The number of hydrogen-bond acceptors (Lipinski definition) is 5. The summed E-state index contributed by atoms with van der Waals surface area (Å²) in [5.74, 6) is 0.630. The molecule has 1 fully saturated rings. The van der Waals surface area contributed by atoms with E-state index in [4.69, 9.17) is 0 Å². The molecule has 136 valence electrons. The van der Waals surface area contributed by atoms with Gasteiger partial charge < -0.3 is 5.32 Å². The third-order valence-corrected chi connectivity index (χ3v) is 4.71. The number of pyridine rings is 1. The van der Waals surface area contributed by atoms with E-state index in [0.717, 1.165) is 30.6 Å². The molecule has 1 N–H and O–H groups in total. The Bertz CT molecular complexity index is 883. The summed E-state index contributed by atoms with van der Waals surface area (Å²) in [6.07, 6.45) is 6.96. The Labute approximate surface area is 158 Å². The number of likely N-dealkylation sites (tertiary alicyclic amines) is 1. The molecule has 0 radical (unpaired) electrons. The summed E-state index contributed by atoms with van der Waals surface area (Å²) < 4.78 is 0. The van der Waals surface area contributed by atoms with Crippen molar-refractivity contribution in [3.63, 3.8) is 0 Å². The molecule has 3 aromatic rings. The zero-order chi connectivity index (χ0) is 18.5. The topological polar surface area (TPSA) is 71.0 Å². The summed E-state index contributed by atoms with van der Waals surface area (Å²) >= 11 is 0. The molecule has 2 aromatic heterocycles. The third kappa shape index (κ3) is 4.17. The minimum absolute atomic E-state index is 0.0144. The summed E-state index contributed by atoms with van der Waals surface area (Å²) in [4.78, 5) is 28.0. The first-order valence-electron chi connectivity index (χ1n) is 9.12. The fourth-order valence-corrected chi connectivity index (χ4v) is 3.37. The number of carbonyl (C=O) groups is 1. The largest absolute Gasteiger partial charge is 0.322 e. The van der Waals surface area contributed by atoms with Crippen molar-refractivity contribution in [2.24, 2.45) is 0 Å². The summed E-state index contributed by atoms with van der Waals surface area (Å²) in [6.45, 7) is 1.58. The molecule has 1 atom stereocenters. The smallest absolute Gasteiger partial charge is 0.241 e. The van der Waals surface area contributed by atoms with E-state index in [-0.39, 0.29) is 11.9 Å². The maximum absolute atomic E-state index is 12.7. The lowest BCUT2D eigenvalue weighted by Crippen LogP contribution is -2.39.